The van der Waals surface area contributed by atoms with Crippen molar-refractivity contribution in [3.63, 3.8) is 0 Å². The molecule has 10 heteroatoms. The van der Waals surface area contributed by atoms with Crippen LogP contribution in [0.3, 0.4) is 0 Å². The van der Waals surface area contributed by atoms with Crippen molar-refractivity contribution in [2.75, 3.05) is 52.5 Å². The van der Waals surface area contributed by atoms with Crippen molar-refractivity contribution >= 4 is 17.8 Å². The van der Waals surface area contributed by atoms with Gasteiger partial charge in [-0.15, -0.1) is 6.58 Å². The van der Waals surface area contributed by atoms with Crippen LogP contribution in [0.4, 0.5) is 0 Å². The second kappa shape index (κ2) is 11.0. The molecule has 4 aliphatic heterocycles. The molecule has 4 aliphatic rings. The summed E-state index contributed by atoms with van der Waals surface area (Å²) in [6.07, 6.45) is 3.76. The van der Waals surface area contributed by atoms with Crippen LogP contribution in [-0.4, -0.2) is 119 Å². The van der Waals surface area contributed by atoms with E-state index in [0.717, 1.165) is 13.1 Å². The molecule has 0 aliphatic carbocycles. The number of amides is 2. The molecular formula is C27H43N3O7. The number of aliphatic hydroxyl groups excluding tert-OH is 1. The average Bonchev–Trinajstić information content (AvgIpc) is 3.51. The van der Waals surface area contributed by atoms with Gasteiger partial charge in [-0.2, -0.15) is 0 Å². The Kier molecular flexibility index (Phi) is 8.33. The molecule has 2 amide bonds. The second-order valence-electron chi connectivity index (χ2n) is 11.1. The highest BCUT2D eigenvalue weighted by molar-refractivity contribution is 5.98. The molecule has 4 heterocycles. The molecule has 2 unspecified atom stereocenters. The minimum atomic E-state index is -1.22. The van der Waals surface area contributed by atoms with E-state index in [-0.39, 0.29) is 24.3 Å². The molecule has 4 saturated heterocycles. The third-order valence-corrected chi connectivity index (χ3v) is 9.41. The molecule has 0 aromatic rings. The first-order valence-corrected chi connectivity index (χ1v) is 13.8. The number of likely N-dealkylation sites (tertiary alicyclic amines) is 1. The zero-order chi connectivity index (χ0) is 27.0. The highest BCUT2D eigenvalue weighted by atomic mass is 16.5. The number of carboxylic acids is 1. The van der Waals surface area contributed by atoms with Crippen molar-refractivity contribution in [1.82, 2.24) is 14.7 Å². The van der Waals surface area contributed by atoms with E-state index in [9.17, 15) is 24.6 Å². The monoisotopic (exact) mass is 521 g/mol. The Bertz CT molecular complexity index is 893. The van der Waals surface area contributed by atoms with Crippen LogP contribution in [0.5, 0.6) is 0 Å². The summed E-state index contributed by atoms with van der Waals surface area (Å²) in [5.41, 5.74) is -2.18. The zero-order valence-electron chi connectivity index (χ0n) is 22.4. The quantitative estimate of drug-likeness (QED) is 0.365. The summed E-state index contributed by atoms with van der Waals surface area (Å²) in [7, 11) is 0. The van der Waals surface area contributed by atoms with Crippen LogP contribution in [0, 0.1) is 17.8 Å². The molecule has 0 aromatic carbocycles. The maximum Gasteiger partial charge on any atom is 0.310 e. The van der Waals surface area contributed by atoms with Crippen molar-refractivity contribution in [3.8, 4) is 0 Å². The van der Waals surface area contributed by atoms with Crippen molar-refractivity contribution in [1.29, 1.82) is 0 Å². The number of carboxylic acid groups (broad SMARTS) is 1. The Hall–Kier alpha value is -2.01. The summed E-state index contributed by atoms with van der Waals surface area (Å²) in [6.45, 7) is 13.6. The fourth-order valence-electron chi connectivity index (χ4n) is 7.19. The largest absolute Gasteiger partial charge is 0.481 e. The van der Waals surface area contributed by atoms with Gasteiger partial charge in [0.25, 0.3) is 0 Å². The number of nitrogens with zero attached hydrogens (tertiary/aromatic N) is 3. The molecule has 1 spiro atoms. The number of ether oxygens (including phenoxy) is 2. The predicted octanol–water partition coefficient (Wildman–Crippen LogP) is 0.980. The lowest BCUT2D eigenvalue weighted by Crippen LogP contribution is -2.60. The van der Waals surface area contributed by atoms with Crippen LogP contribution in [0.1, 0.15) is 46.5 Å². The highest BCUT2D eigenvalue weighted by Crippen LogP contribution is 2.64. The first-order valence-electron chi connectivity index (χ1n) is 13.8. The summed E-state index contributed by atoms with van der Waals surface area (Å²) in [4.78, 5) is 46.5. The predicted molar refractivity (Wildman–Crippen MR) is 136 cm³/mol. The molecular weight excluding hydrogens is 478 g/mol. The lowest BCUT2D eigenvalue weighted by atomic mass is 9.65. The molecule has 4 fully saturated rings. The molecule has 37 heavy (non-hydrogen) atoms. The molecule has 4 rings (SSSR count). The summed E-state index contributed by atoms with van der Waals surface area (Å²) in [6, 6.07) is -1.59. The van der Waals surface area contributed by atoms with E-state index in [4.69, 9.17) is 9.47 Å². The summed E-state index contributed by atoms with van der Waals surface area (Å²) < 4.78 is 12.1. The third-order valence-electron chi connectivity index (χ3n) is 9.41. The van der Waals surface area contributed by atoms with Gasteiger partial charge < -0.3 is 29.5 Å². The lowest BCUT2D eigenvalue weighted by molar-refractivity contribution is -0.161. The van der Waals surface area contributed by atoms with Gasteiger partial charge >= 0.3 is 5.97 Å². The Morgan fingerprint density at radius 1 is 1.27 bits per heavy atom. The lowest BCUT2D eigenvalue weighted by Gasteiger charge is -2.41. The Morgan fingerprint density at radius 3 is 2.54 bits per heavy atom. The molecule has 7 atom stereocenters. The number of carbonyl (C=O) groups excluding carboxylic acids is 2. The molecule has 2 N–H and O–H groups in total. The maximum absolute atomic E-state index is 14.4. The van der Waals surface area contributed by atoms with Crippen LogP contribution < -0.4 is 0 Å². The van der Waals surface area contributed by atoms with Crippen LogP contribution in [0.25, 0.3) is 0 Å². The molecule has 2 bridgehead atoms. The van der Waals surface area contributed by atoms with E-state index < -0.39 is 41.1 Å². The van der Waals surface area contributed by atoms with Gasteiger partial charge in [0.05, 0.1) is 37.4 Å². The van der Waals surface area contributed by atoms with Gasteiger partial charge in [-0.1, -0.05) is 33.3 Å². The van der Waals surface area contributed by atoms with Crippen LogP contribution in [0.2, 0.25) is 0 Å². The fourth-order valence-corrected chi connectivity index (χ4v) is 7.19. The summed E-state index contributed by atoms with van der Waals surface area (Å²) in [5.74, 6) is -3.75. The SMILES string of the molecule is C=CCN(CCN1CCOCC1)C(=O)C1N([C@@H](CO)[C@@H](C)CC)C(=O)[C@@H]2[C@@H](C(=O)O)[C@@]3(CC)CCC12O3. The fraction of sp³-hybridized carbons (Fsp3) is 0.815. The second-order valence-corrected chi connectivity index (χ2v) is 11.1. The van der Waals surface area contributed by atoms with Gasteiger partial charge in [-0.05, 0) is 25.2 Å². The van der Waals surface area contributed by atoms with Gasteiger partial charge in [0.1, 0.15) is 17.6 Å². The number of fused-ring (bicyclic) bond motifs is 1. The van der Waals surface area contributed by atoms with Crippen molar-refractivity contribution in [2.45, 2.75) is 69.7 Å². The van der Waals surface area contributed by atoms with E-state index in [0.29, 0.717) is 58.5 Å². The normalized spacial score (nSPS) is 34.9. The Labute approximate surface area is 219 Å². The van der Waals surface area contributed by atoms with Crippen molar-refractivity contribution in [2.24, 2.45) is 17.8 Å². The first-order chi connectivity index (χ1) is 17.7. The van der Waals surface area contributed by atoms with E-state index in [2.05, 4.69) is 11.5 Å². The van der Waals surface area contributed by atoms with E-state index >= 15 is 0 Å². The van der Waals surface area contributed by atoms with Gasteiger partial charge in [0.15, 0.2) is 0 Å². The van der Waals surface area contributed by atoms with Crippen LogP contribution in [0.15, 0.2) is 12.7 Å². The smallest absolute Gasteiger partial charge is 0.310 e. The van der Waals surface area contributed by atoms with Gasteiger partial charge in [-0.25, -0.2) is 0 Å². The number of morpholine rings is 1. The number of hydrogen-bond acceptors (Lipinski definition) is 7. The number of aliphatic carboxylic acids is 1. The molecule has 208 valence electrons. The van der Waals surface area contributed by atoms with Gasteiger partial charge in [0, 0.05) is 32.7 Å². The van der Waals surface area contributed by atoms with E-state index in [1.165, 1.54) is 4.90 Å². The number of aliphatic hydroxyl groups is 1. The van der Waals surface area contributed by atoms with Gasteiger partial charge in [0.2, 0.25) is 11.8 Å². The molecule has 0 radical (unpaired) electrons. The summed E-state index contributed by atoms with van der Waals surface area (Å²) >= 11 is 0. The zero-order valence-corrected chi connectivity index (χ0v) is 22.4. The van der Waals surface area contributed by atoms with Crippen LogP contribution >= 0.6 is 0 Å². The van der Waals surface area contributed by atoms with E-state index in [1.54, 1.807) is 11.0 Å². The maximum atomic E-state index is 14.4. The minimum Gasteiger partial charge on any atom is -0.481 e. The topological polar surface area (TPSA) is 120 Å². The number of rotatable bonds is 12. The van der Waals surface area contributed by atoms with Crippen molar-refractivity contribution in [3.05, 3.63) is 12.7 Å². The minimum absolute atomic E-state index is 0.0821. The molecule has 0 aromatic heterocycles. The molecule has 0 saturated carbocycles. The van der Waals surface area contributed by atoms with Gasteiger partial charge in [-0.3, -0.25) is 19.3 Å². The summed E-state index contributed by atoms with van der Waals surface area (Å²) in [5, 5.41) is 20.7. The van der Waals surface area contributed by atoms with Crippen molar-refractivity contribution < 1.29 is 34.1 Å². The first kappa shape index (κ1) is 28.0. The number of hydrogen-bond donors (Lipinski definition) is 2. The standard InChI is InChI=1S/C27H43N3O7/c1-5-10-29(12-11-28-13-15-36-16-14-28)24(33)22-27-9-8-26(7-3,37-27)21(25(34)35)20(27)23(32)30(22)19(17-31)18(4)6-2/h5,18-22,31H,1,6-17H2,2-4H3,(H,34,35)/t18-,19-,20-,21-,22?,26+,27?/m0/s1. The Balaban J connectivity index is 1.73. The van der Waals surface area contributed by atoms with E-state index in [1.807, 2.05) is 20.8 Å². The Morgan fingerprint density at radius 2 is 1.97 bits per heavy atom. The third kappa shape index (κ3) is 4.49. The highest BCUT2D eigenvalue weighted by Gasteiger charge is 2.79. The van der Waals surface area contributed by atoms with Crippen LogP contribution in [-0.2, 0) is 23.9 Å². The number of carbonyl (C=O) groups is 3. The molecule has 10 nitrogen and oxygen atoms in total. The average molecular weight is 522 g/mol.